The number of piperidine rings is 1. The van der Waals surface area contributed by atoms with Crippen molar-refractivity contribution in [3.63, 3.8) is 0 Å². The molecule has 1 aromatic heterocycles. The van der Waals surface area contributed by atoms with Gasteiger partial charge in [0.25, 0.3) is 0 Å². The molecule has 10 nitrogen and oxygen atoms in total. The number of β-amino-alcohol motifs (C(OH)–C–C–N with tert-alkyl or cyclic N) is 1. The molecule has 1 aliphatic heterocycles. The molecule has 4 N–H and O–H groups in total. The lowest BCUT2D eigenvalue weighted by molar-refractivity contribution is -0.133. The van der Waals surface area contributed by atoms with Crippen LogP contribution in [0, 0.1) is 17.8 Å². The van der Waals surface area contributed by atoms with Crippen LogP contribution in [0.15, 0.2) is 36.5 Å². The molecule has 0 radical (unpaired) electrons. The standard InChI is InChI=1S/C37H57N5O5S/c1-23(2)32(40-36(46)47-22-28-19-38-35(48-28)24(3)4)34(45)39-29(17-25-13-9-8-10-14-25)31(43)21-42-20-27-16-12-11-15-26(27)18-30(42)33(44)41-37(5,6)7/h8-10,13-14,19,23-24,26-27,29-32,43H,11-12,15-18,20-22H2,1-7H3,(H,39,45)(H,40,46)(H,41,44)/t26?,27-,29+,30+,31-,32+/m1/s1. The summed E-state index contributed by atoms with van der Waals surface area (Å²) in [7, 11) is 0. The van der Waals surface area contributed by atoms with Crippen molar-refractivity contribution >= 4 is 29.2 Å². The number of aliphatic hydroxyl groups excluding tert-OH is 1. The molecule has 1 saturated carbocycles. The van der Waals surface area contributed by atoms with E-state index in [9.17, 15) is 19.5 Å². The van der Waals surface area contributed by atoms with E-state index in [0.29, 0.717) is 18.3 Å². The quantitative estimate of drug-likeness (QED) is 0.222. The van der Waals surface area contributed by atoms with Crippen LogP contribution in [0.4, 0.5) is 4.79 Å². The van der Waals surface area contributed by atoms with Crippen LogP contribution in [0.5, 0.6) is 0 Å². The van der Waals surface area contributed by atoms with Crippen molar-refractivity contribution in [2.45, 2.75) is 129 Å². The van der Waals surface area contributed by atoms with Gasteiger partial charge in [0.15, 0.2) is 0 Å². The van der Waals surface area contributed by atoms with Crippen molar-refractivity contribution < 1.29 is 24.2 Å². The monoisotopic (exact) mass is 683 g/mol. The number of fused-ring (bicyclic) bond motifs is 1. The Kier molecular flexibility index (Phi) is 13.4. The Morgan fingerprint density at radius 3 is 2.35 bits per heavy atom. The molecule has 1 aromatic carbocycles. The lowest BCUT2D eigenvalue weighted by Gasteiger charge is -2.47. The van der Waals surface area contributed by atoms with E-state index in [1.165, 1.54) is 24.2 Å². The highest BCUT2D eigenvalue weighted by Gasteiger charge is 2.42. The minimum atomic E-state index is -0.958. The minimum Gasteiger partial charge on any atom is -0.444 e. The van der Waals surface area contributed by atoms with Gasteiger partial charge in [0.1, 0.15) is 12.6 Å². The maximum atomic E-state index is 13.8. The molecule has 2 aliphatic rings. The maximum Gasteiger partial charge on any atom is 0.408 e. The number of nitrogens with zero attached hydrogens (tertiary/aromatic N) is 2. The first-order valence-electron chi connectivity index (χ1n) is 17.7. The molecule has 48 heavy (non-hydrogen) atoms. The lowest BCUT2D eigenvalue weighted by atomic mass is 9.72. The van der Waals surface area contributed by atoms with E-state index in [2.05, 4.69) is 39.7 Å². The topological polar surface area (TPSA) is 133 Å². The summed E-state index contributed by atoms with van der Waals surface area (Å²) in [6, 6.07) is 7.87. The average molecular weight is 684 g/mol. The highest BCUT2D eigenvalue weighted by molar-refractivity contribution is 7.11. The SMILES string of the molecule is CC(C)c1ncc(COC(=O)N[C@H](C(=O)N[C@@H](Cc2ccccc2)[C@H](O)CN2C[C@H]3CCCCC3C[C@H]2C(=O)NC(C)(C)C)C(C)C)s1. The molecule has 0 spiro atoms. The van der Waals surface area contributed by atoms with Gasteiger partial charge < -0.3 is 25.8 Å². The Morgan fingerprint density at radius 1 is 1.04 bits per heavy atom. The molecule has 2 heterocycles. The highest BCUT2D eigenvalue weighted by atomic mass is 32.1. The molecule has 1 unspecified atom stereocenters. The Hall–Kier alpha value is -3.02. The number of amides is 3. The third-order valence-corrected chi connectivity index (χ3v) is 10.7. The summed E-state index contributed by atoms with van der Waals surface area (Å²) in [5.74, 6) is 0.650. The van der Waals surface area contributed by atoms with E-state index in [1.54, 1.807) is 6.20 Å². The molecule has 266 valence electrons. The summed E-state index contributed by atoms with van der Waals surface area (Å²) in [5, 5.41) is 21.8. The molecule has 3 amide bonds. The number of benzene rings is 1. The second kappa shape index (κ2) is 17.1. The zero-order valence-electron chi connectivity index (χ0n) is 29.8. The number of aliphatic hydroxyl groups is 1. The fourth-order valence-electron chi connectivity index (χ4n) is 6.91. The number of aromatic nitrogens is 1. The fraction of sp³-hybridized carbons (Fsp3) is 0.676. The number of thiazole rings is 1. The minimum absolute atomic E-state index is 0.0105. The molecule has 1 aliphatic carbocycles. The number of nitrogens with one attached hydrogen (secondary N) is 3. The number of ether oxygens (including phenoxy) is 1. The Morgan fingerprint density at radius 2 is 1.73 bits per heavy atom. The van der Waals surface area contributed by atoms with E-state index in [4.69, 9.17) is 4.74 Å². The second-order valence-electron chi connectivity index (χ2n) is 15.4. The van der Waals surface area contributed by atoms with E-state index in [-0.39, 0.29) is 42.5 Å². The van der Waals surface area contributed by atoms with Gasteiger partial charge in [-0.2, -0.15) is 0 Å². The van der Waals surface area contributed by atoms with E-state index in [0.717, 1.165) is 41.3 Å². The summed E-state index contributed by atoms with van der Waals surface area (Å²) in [6.45, 7) is 14.9. The van der Waals surface area contributed by atoms with Gasteiger partial charge in [-0.1, -0.05) is 77.3 Å². The summed E-state index contributed by atoms with van der Waals surface area (Å²) < 4.78 is 5.46. The number of alkyl carbamates (subject to hydrolysis) is 1. The van der Waals surface area contributed by atoms with Gasteiger partial charge >= 0.3 is 6.09 Å². The number of carbonyl (C=O) groups excluding carboxylic acids is 3. The van der Waals surface area contributed by atoms with Crippen LogP contribution in [-0.4, -0.2) is 75.8 Å². The van der Waals surface area contributed by atoms with Gasteiger partial charge in [0, 0.05) is 30.7 Å². The number of hydrogen-bond donors (Lipinski definition) is 4. The maximum absolute atomic E-state index is 13.8. The first-order valence-corrected chi connectivity index (χ1v) is 18.5. The summed E-state index contributed by atoms with van der Waals surface area (Å²) in [5.41, 5.74) is 0.598. The molecule has 4 rings (SSSR count). The van der Waals surface area contributed by atoms with Gasteiger partial charge in [-0.15, -0.1) is 11.3 Å². The first-order chi connectivity index (χ1) is 22.7. The van der Waals surface area contributed by atoms with Gasteiger partial charge in [0.2, 0.25) is 11.8 Å². The molecular formula is C37H57N5O5S. The number of rotatable bonds is 13. The molecule has 0 bridgehead atoms. The van der Waals surface area contributed by atoms with Gasteiger partial charge in [0.05, 0.1) is 28.1 Å². The second-order valence-corrected chi connectivity index (χ2v) is 16.5. The van der Waals surface area contributed by atoms with Crippen LogP contribution in [-0.2, 0) is 27.4 Å². The Labute approximate surface area is 290 Å². The molecule has 11 heteroatoms. The zero-order valence-corrected chi connectivity index (χ0v) is 30.6. The predicted molar refractivity (Wildman–Crippen MR) is 190 cm³/mol. The third kappa shape index (κ3) is 11.0. The molecule has 6 atom stereocenters. The van der Waals surface area contributed by atoms with Gasteiger partial charge in [-0.25, -0.2) is 9.78 Å². The first kappa shape index (κ1) is 37.8. The van der Waals surface area contributed by atoms with Crippen molar-refractivity contribution in [3.8, 4) is 0 Å². The largest absolute Gasteiger partial charge is 0.444 e. The smallest absolute Gasteiger partial charge is 0.408 e. The summed E-state index contributed by atoms with van der Waals surface area (Å²) in [4.78, 5) is 47.6. The van der Waals surface area contributed by atoms with Gasteiger partial charge in [-0.3, -0.25) is 14.5 Å². The van der Waals surface area contributed by atoms with Crippen molar-refractivity contribution in [3.05, 3.63) is 52.0 Å². The lowest BCUT2D eigenvalue weighted by Crippen LogP contribution is -2.61. The molecule has 1 saturated heterocycles. The van der Waals surface area contributed by atoms with Crippen LogP contribution in [0.25, 0.3) is 0 Å². The van der Waals surface area contributed by atoms with Crippen LogP contribution in [0.3, 0.4) is 0 Å². The van der Waals surface area contributed by atoms with Crippen molar-refractivity contribution in [2.24, 2.45) is 17.8 Å². The molecule has 2 fully saturated rings. The normalized spacial score (nSPS) is 22.0. The van der Waals surface area contributed by atoms with Crippen molar-refractivity contribution in [2.75, 3.05) is 13.1 Å². The fourth-order valence-corrected chi connectivity index (χ4v) is 7.75. The van der Waals surface area contributed by atoms with Crippen molar-refractivity contribution in [1.29, 1.82) is 0 Å². The average Bonchev–Trinajstić information content (AvgIpc) is 3.51. The highest BCUT2D eigenvalue weighted by Crippen LogP contribution is 2.39. The van der Waals surface area contributed by atoms with Crippen LogP contribution < -0.4 is 16.0 Å². The zero-order chi connectivity index (χ0) is 35.0. The van der Waals surface area contributed by atoms with E-state index < -0.39 is 30.2 Å². The third-order valence-electron chi connectivity index (χ3n) is 9.45. The number of likely N-dealkylation sites (tertiary alicyclic amines) is 1. The number of hydrogen-bond acceptors (Lipinski definition) is 8. The number of carbonyl (C=O) groups is 3. The Bertz CT molecular complexity index is 1340. The molecular weight excluding hydrogens is 627 g/mol. The van der Waals surface area contributed by atoms with E-state index in [1.807, 2.05) is 65.0 Å². The summed E-state index contributed by atoms with van der Waals surface area (Å²) in [6.07, 6.45) is 5.90. The Balaban J connectivity index is 1.47. The van der Waals surface area contributed by atoms with Crippen LogP contribution in [0.2, 0.25) is 0 Å². The van der Waals surface area contributed by atoms with E-state index >= 15 is 0 Å². The molecule has 2 aromatic rings. The predicted octanol–water partition coefficient (Wildman–Crippen LogP) is 5.40. The van der Waals surface area contributed by atoms with Crippen LogP contribution >= 0.6 is 11.3 Å². The summed E-state index contributed by atoms with van der Waals surface area (Å²) >= 11 is 1.50. The van der Waals surface area contributed by atoms with Crippen molar-refractivity contribution in [1.82, 2.24) is 25.8 Å². The van der Waals surface area contributed by atoms with Gasteiger partial charge in [-0.05, 0) is 63.4 Å². The van der Waals surface area contributed by atoms with Crippen LogP contribution in [0.1, 0.15) is 102 Å².